The minimum absolute atomic E-state index is 0.0720. The van der Waals surface area contributed by atoms with Crippen molar-refractivity contribution in [3.05, 3.63) is 11.4 Å². The van der Waals surface area contributed by atoms with Crippen LogP contribution in [0.15, 0.2) is 4.90 Å². The Bertz CT molecular complexity index is 608. The minimum atomic E-state index is -3.53. The summed E-state index contributed by atoms with van der Waals surface area (Å²) in [6.07, 6.45) is 1.12. The van der Waals surface area contributed by atoms with Crippen LogP contribution < -0.4 is 0 Å². The van der Waals surface area contributed by atoms with Gasteiger partial charge < -0.3 is 4.90 Å². The smallest absolute Gasteiger partial charge is 0.246 e. The quantitative estimate of drug-likeness (QED) is 0.881. The molecule has 0 atom stereocenters. The number of nitrogens with one attached hydrogen (secondary N) is 1. The Morgan fingerprint density at radius 3 is 2.29 bits per heavy atom. The van der Waals surface area contributed by atoms with Crippen molar-refractivity contribution in [3.8, 4) is 0 Å². The number of carbonyl (C=O) groups is 1. The molecule has 1 N–H and O–H groups in total. The van der Waals surface area contributed by atoms with Gasteiger partial charge in [-0.25, -0.2) is 8.42 Å². The molecule has 118 valence electrons. The van der Waals surface area contributed by atoms with Crippen LogP contribution in [0.3, 0.4) is 0 Å². The van der Waals surface area contributed by atoms with Gasteiger partial charge in [0.25, 0.3) is 0 Å². The van der Waals surface area contributed by atoms with Gasteiger partial charge in [-0.05, 0) is 26.7 Å². The van der Waals surface area contributed by atoms with Crippen LogP contribution >= 0.6 is 0 Å². The highest BCUT2D eigenvalue weighted by molar-refractivity contribution is 7.89. The Morgan fingerprint density at radius 2 is 1.86 bits per heavy atom. The average Bonchev–Trinajstić information content (AvgIpc) is 2.78. The molecule has 1 fully saturated rings. The molecule has 1 aliphatic rings. The number of amides is 1. The van der Waals surface area contributed by atoms with E-state index in [4.69, 9.17) is 0 Å². The zero-order valence-electron chi connectivity index (χ0n) is 12.9. The summed E-state index contributed by atoms with van der Waals surface area (Å²) in [6.45, 7) is 4.13. The van der Waals surface area contributed by atoms with Crippen LogP contribution in [-0.2, 0) is 14.8 Å². The Kier molecular flexibility index (Phi) is 4.38. The van der Waals surface area contributed by atoms with Crippen LogP contribution in [-0.4, -0.2) is 60.9 Å². The maximum Gasteiger partial charge on any atom is 0.246 e. The zero-order valence-corrected chi connectivity index (χ0v) is 13.7. The topological polar surface area (TPSA) is 86.4 Å². The lowest BCUT2D eigenvalue weighted by atomic mass is 9.97. The van der Waals surface area contributed by atoms with Crippen LogP contribution in [0.25, 0.3) is 0 Å². The standard InChI is InChI=1S/C13H22N4O3S/c1-9-12(10(2)15-14-9)21(19,20)17-7-5-11(6-8-17)13(18)16(3)4/h11H,5-8H2,1-4H3,(H,14,15). The summed E-state index contributed by atoms with van der Waals surface area (Å²) in [5.41, 5.74) is 1.04. The second-order valence-electron chi connectivity index (χ2n) is 5.67. The lowest BCUT2D eigenvalue weighted by molar-refractivity contribution is -0.134. The normalized spacial score (nSPS) is 17.9. The highest BCUT2D eigenvalue weighted by Gasteiger charge is 2.34. The van der Waals surface area contributed by atoms with E-state index < -0.39 is 10.0 Å². The molecule has 1 aliphatic heterocycles. The monoisotopic (exact) mass is 314 g/mol. The summed E-state index contributed by atoms with van der Waals surface area (Å²) >= 11 is 0. The Labute approximate surface area is 125 Å². The minimum Gasteiger partial charge on any atom is -0.349 e. The molecule has 0 radical (unpaired) electrons. The van der Waals surface area contributed by atoms with Crippen molar-refractivity contribution in [1.82, 2.24) is 19.4 Å². The van der Waals surface area contributed by atoms with E-state index in [1.165, 1.54) is 4.31 Å². The van der Waals surface area contributed by atoms with Crippen LogP contribution in [0.2, 0.25) is 0 Å². The second kappa shape index (κ2) is 5.76. The number of rotatable bonds is 3. The summed E-state index contributed by atoms with van der Waals surface area (Å²) in [4.78, 5) is 13.8. The maximum absolute atomic E-state index is 12.7. The SMILES string of the molecule is Cc1n[nH]c(C)c1S(=O)(=O)N1CCC(C(=O)N(C)C)CC1. The van der Waals surface area contributed by atoms with Crippen molar-refractivity contribution in [2.75, 3.05) is 27.2 Å². The van der Waals surface area contributed by atoms with Gasteiger partial charge in [0.15, 0.2) is 0 Å². The van der Waals surface area contributed by atoms with E-state index in [0.717, 1.165) is 0 Å². The van der Waals surface area contributed by atoms with Crippen molar-refractivity contribution in [1.29, 1.82) is 0 Å². The number of aromatic amines is 1. The maximum atomic E-state index is 12.7. The molecule has 7 nitrogen and oxygen atoms in total. The number of aryl methyl sites for hydroxylation is 2. The van der Waals surface area contributed by atoms with E-state index in [-0.39, 0.29) is 16.7 Å². The van der Waals surface area contributed by atoms with Crippen molar-refractivity contribution in [2.45, 2.75) is 31.6 Å². The van der Waals surface area contributed by atoms with Crippen LogP contribution in [0.4, 0.5) is 0 Å². The third-order valence-corrected chi connectivity index (χ3v) is 6.06. The number of H-pyrrole nitrogens is 1. The van der Waals surface area contributed by atoms with Crippen LogP contribution in [0.5, 0.6) is 0 Å². The van der Waals surface area contributed by atoms with Crippen LogP contribution in [0.1, 0.15) is 24.2 Å². The first-order valence-corrected chi connectivity index (χ1v) is 8.42. The average molecular weight is 314 g/mol. The van der Waals surface area contributed by atoms with E-state index in [1.807, 2.05) is 0 Å². The predicted molar refractivity (Wildman–Crippen MR) is 78.2 cm³/mol. The Morgan fingerprint density at radius 1 is 1.29 bits per heavy atom. The number of carbonyl (C=O) groups excluding carboxylic acids is 1. The largest absolute Gasteiger partial charge is 0.349 e. The van der Waals surface area contributed by atoms with Gasteiger partial charge in [0, 0.05) is 33.1 Å². The molecular weight excluding hydrogens is 292 g/mol. The van der Waals surface area contributed by atoms with Gasteiger partial charge in [-0.15, -0.1) is 0 Å². The number of sulfonamides is 1. The Hall–Kier alpha value is -1.41. The van der Waals surface area contributed by atoms with E-state index in [1.54, 1.807) is 32.8 Å². The van der Waals surface area contributed by atoms with Gasteiger partial charge in [0.2, 0.25) is 15.9 Å². The fourth-order valence-corrected chi connectivity index (χ4v) is 4.56. The van der Waals surface area contributed by atoms with Gasteiger partial charge in [0.05, 0.1) is 11.4 Å². The molecule has 0 saturated carbocycles. The van der Waals surface area contributed by atoms with Crippen LogP contribution in [0, 0.1) is 19.8 Å². The van der Waals surface area contributed by atoms with Gasteiger partial charge in [-0.2, -0.15) is 9.40 Å². The molecule has 0 spiro atoms. The first kappa shape index (κ1) is 16.0. The third-order valence-electron chi connectivity index (χ3n) is 3.90. The van der Waals surface area contributed by atoms with Crippen molar-refractivity contribution < 1.29 is 13.2 Å². The molecule has 1 saturated heterocycles. The fraction of sp³-hybridized carbons (Fsp3) is 0.692. The van der Waals surface area contributed by atoms with Gasteiger partial charge in [-0.3, -0.25) is 9.89 Å². The first-order valence-electron chi connectivity index (χ1n) is 6.98. The van der Waals surface area contributed by atoms with Gasteiger partial charge >= 0.3 is 0 Å². The number of aromatic nitrogens is 2. The molecule has 0 aliphatic carbocycles. The third kappa shape index (κ3) is 2.96. The van der Waals surface area contributed by atoms with E-state index >= 15 is 0 Å². The molecule has 8 heteroatoms. The number of hydrogen-bond acceptors (Lipinski definition) is 4. The van der Waals surface area contributed by atoms with Crippen molar-refractivity contribution in [2.24, 2.45) is 5.92 Å². The highest BCUT2D eigenvalue weighted by atomic mass is 32.2. The summed E-state index contributed by atoms with van der Waals surface area (Å²) in [5, 5.41) is 6.66. The lowest BCUT2D eigenvalue weighted by Gasteiger charge is -2.31. The summed E-state index contributed by atoms with van der Waals surface area (Å²) in [7, 11) is -0.0831. The molecule has 0 unspecified atom stereocenters. The number of hydrogen-bond donors (Lipinski definition) is 1. The van der Waals surface area contributed by atoms with Gasteiger partial charge in [-0.1, -0.05) is 0 Å². The fourth-order valence-electron chi connectivity index (χ4n) is 2.76. The molecule has 2 heterocycles. The number of nitrogens with zero attached hydrogens (tertiary/aromatic N) is 3. The van der Waals surface area contributed by atoms with E-state index in [0.29, 0.717) is 37.3 Å². The Balaban J connectivity index is 2.14. The molecule has 0 aromatic carbocycles. The highest BCUT2D eigenvalue weighted by Crippen LogP contribution is 2.27. The molecule has 1 aromatic rings. The zero-order chi connectivity index (χ0) is 15.8. The first-order chi connectivity index (χ1) is 9.75. The summed E-state index contributed by atoms with van der Waals surface area (Å²) in [6, 6.07) is 0. The van der Waals surface area contributed by atoms with Crippen molar-refractivity contribution in [3.63, 3.8) is 0 Å². The molecular formula is C13H22N4O3S. The molecule has 0 bridgehead atoms. The van der Waals surface area contributed by atoms with E-state index in [2.05, 4.69) is 10.2 Å². The van der Waals surface area contributed by atoms with E-state index in [9.17, 15) is 13.2 Å². The molecule has 1 aromatic heterocycles. The summed E-state index contributed by atoms with van der Waals surface area (Å²) < 4.78 is 26.8. The molecule has 2 rings (SSSR count). The summed E-state index contributed by atoms with van der Waals surface area (Å²) in [5.74, 6) is -0.0132. The second-order valence-corrected chi connectivity index (χ2v) is 7.55. The molecule has 21 heavy (non-hydrogen) atoms. The lowest BCUT2D eigenvalue weighted by Crippen LogP contribution is -2.42. The number of piperidine rings is 1. The van der Waals surface area contributed by atoms with Crippen molar-refractivity contribution >= 4 is 15.9 Å². The van der Waals surface area contributed by atoms with Gasteiger partial charge in [0.1, 0.15) is 4.90 Å². The predicted octanol–water partition coefficient (Wildman–Crippen LogP) is 0.515. The molecule has 1 amide bonds.